The summed E-state index contributed by atoms with van der Waals surface area (Å²) in [5.74, 6) is 1.24. The normalized spacial score (nSPS) is 31.8. The molecule has 3 fully saturated rings. The number of benzene rings is 1. The van der Waals surface area contributed by atoms with E-state index in [1.165, 1.54) is 32.1 Å². The van der Waals surface area contributed by atoms with Crippen LogP contribution in [0.4, 0.5) is 0 Å². The van der Waals surface area contributed by atoms with Crippen molar-refractivity contribution in [2.24, 2.45) is 29.6 Å². The number of fused-ring (bicyclic) bond motifs is 2. The summed E-state index contributed by atoms with van der Waals surface area (Å²) in [5, 5.41) is 0. The molecule has 0 aromatic heterocycles. The number of carbonyl (C=O) groups is 2. The Kier molecular flexibility index (Phi) is 8.87. The third-order valence-electron chi connectivity index (χ3n) is 8.73. The summed E-state index contributed by atoms with van der Waals surface area (Å²) in [6.45, 7) is 7.22. The molecular formula is C29H43NO5. The van der Waals surface area contributed by atoms with E-state index < -0.39 is 18.0 Å². The molecule has 2 heterocycles. The van der Waals surface area contributed by atoms with Crippen LogP contribution in [0.2, 0.25) is 0 Å². The van der Waals surface area contributed by atoms with Crippen LogP contribution in [0.3, 0.4) is 0 Å². The van der Waals surface area contributed by atoms with Gasteiger partial charge in [-0.2, -0.15) is 4.89 Å². The Morgan fingerprint density at radius 3 is 2.40 bits per heavy atom. The highest BCUT2D eigenvalue weighted by molar-refractivity contribution is 5.89. The van der Waals surface area contributed by atoms with Gasteiger partial charge in [0.25, 0.3) is 0 Å². The average Bonchev–Trinajstić information content (AvgIpc) is 3.07. The SMILES string of the molecule is CC(C)CC1CCC(C(C)COOC(=O)C2C(OC(=O)c3ccccc3)CC3CCC2N3C)CC1. The summed E-state index contributed by atoms with van der Waals surface area (Å²) < 4.78 is 5.88. The Hall–Kier alpha value is -1.92. The summed E-state index contributed by atoms with van der Waals surface area (Å²) in [5.41, 5.74) is 0.499. The van der Waals surface area contributed by atoms with Crippen molar-refractivity contribution in [2.75, 3.05) is 13.7 Å². The third kappa shape index (κ3) is 6.45. The molecule has 35 heavy (non-hydrogen) atoms. The predicted molar refractivity (Wildman–Crippen MR) is 134 cm³/mol. The number of esters is 1. The van der Waals surface area contributed by atoms with Gasteiger partial charge in [-0.15, -0.1) is 0 Å². The minimum atomic E-state index is -0.534. The fraction of sp³-hybridized carbons (Fsp3) is 0.724. The van der Waals surface area contributed by atoms with Crippen LogP contribution in [0.1, 0.15) is 82.5 Å². The van der Waals surface area contributed by atoms with Crippen molar-refractivity contribution in [1.82, 2.24) is 4.90 Å². The van der Waals surface area contributed by atoms with E-state index in [9.17, 15) is 9.59 Å². The Labute approximate surface area is 210 Å². The summed E-state index contributed by atoms with van der Waals surface area (Å²) in [4.78, 5) is 39.1. The van der Waals surface area contributed by atoms with Gasteiger partial charge in [0, 0.05) is 18.5 Å². The molecule has 0 radical (unpaired) electrons. The van der Waals surface area contributed by atoms with E-state index in [0.717, 1.165) is 24.7 Å². The zero-order valence-electron chi connectivity index (χ0n) is 21.9. The molecule has 2 aliphatic heterocycles. The van der Waals surface area contributed by atoms with Crippen LogP contribution in [0.5, 0.6) is 0 Å². The maximum absolute atomic E-state index is 13.2. The minimum absolute atomic E-state index is 0.00656. The van der Waals surface area contributed by atoms with E-state index in [2.05, 4.69) is 32.7 Å². The van der Waals surface area contributed by atoms with Crippen LogP contribution in [0, 0.1) is 29.6 Å². The van der Waals surface area contributed by atoms with Crippen molar-refractivity contribution >= 4 is 11.9 Å². The number of hydrogen-bond donors (Lipinski definition) is 0. The van der Waals surface area contributed by atoms with E-state index in [1.807, 2.05) is 18.2 Å². The first-order valence-electron chi connectivity index (χ1n) is 13.6. The second-order valence-electron chi connectivity index (χ2n) is 11.6. The van der Waals surface area contributed by atoms with Gasteiger partial charge >= 0.3 is 11.9 Å². The molecular weight excluding hydrogens is 442 g/mol. The fourth-order valence-corrected chi connectivity index (χ4v) is 6.68. The highest BCUT2D eigenvalue weighted by atomic mass is 17.2. The molecule has 6 heteroatoms. The maximum atomic E-state index is 13.2. The zero-order chi connectivity index (χ0) is 24.9. The van der Waals surface area contributed by atoms with Crippen molar-refractivity contribution in [3.8, 4) is 0 Å². The predicted octanol–water partition coefficient (Wildman–Crippen LogP) is 5.66. The highest BCUT2D eigenvalue weighted by Gasteiger charge is 2.51. The quantitative estimate of drug-likeness (QED) is 0.256. The number of piperidine rings is 1. The van der Waals surface area contributed by atoms with Crippen LogP contribution in [-0.4, -0.2) is 48.7 Å². The third-order valence-corrected chi connectivity index (χ3v) is 8.73. The molecule has 1 aromatic carbocycles. The maximum Gasteiger partial charge on any atom is 0.350 e. The van der Waals surface area contributed by atoms with Gasteiger partial charge in [0.1, 0.15) is 12.0 Å². The first-order chi connectivity index (χ1) is 16.8. The number of carbonyl (C=O) groups excluding carboxylic acids is 2. The molecule has 5 atom stereocenters. The lowest BCUT2D eigenvalue weighted by atomic mass is 9.74. The Balaban J connectivity index is 1.29. The van der Waals surface area contributed by atoms with Gasteiger partial charge in [-0.25, -0.2) is 9.59 Å². The minimum Gasteiger partial charge on any atom is -0.458 e. The lowest BCUT2D eigenvalue weighted by Crippen LogP contribution is -2.53. The van der Waals surface area contributed by atoms with E-state index in [4.69, 9.17) is 14.5 Å². The van der Waals surface area contributed by atoms with Gasteiger partial charge < -0.3 is 4.74 Å². The average molecular weight is 486 g/mol. The Bertz CT molecular complexity index is 835. The largest absolute Gasteiger partial charge is 0.458 e. The first kappa shape index (κ1) is 26.2. The highest BCUT2D eigenvalue weighted by Crippen LogP contribution is 2.41. The molecule has 1 saturated carbocycles. The molecule has 3 aliphatic rings. The topological polar surface area (TPSA) is 65.1 Å². The molecule has 194 valence electrons. The summed E-state index contributed by atoms with van der Waals surface area (Å²) in [7, 11) is 2.05. The zero-order valence-corrected chi connectivity index (χ0v) is 21.9. The van der Waals surface area contributed by atoms with Gasteiger partial charge in [-0.1, -0.05) is 51.8 Å². The number of hydrogen-bond acceptors (Lipinski definition) is 6. The lowest BCUT2D eigenvalue weighted by molar-refractivity contribution is -0.287. The monoisotopic (exact) mass is 485 g/mol. The van der Waals surface area contributed by atoms with Gasteiger partial charge in [0.05, 0.1) is 12.2 Å². The van der Waals surface area contributed by atoms with Crippen molar-refractivity contribution in [3.63, 3.8) is 0 Å². The fourth-order valence-electron chi connectivity index (χ4n) is 6.68. The molecule has 5 unspecified atom stereocenters. The molecule has 0 amide bonds. The molecule has 2 saturated heterocycles. The van der Waals surface area contributed by atoms with Crippen molar-refractivity contribution in [2.45, 2.75) is 90.3 Å². The standard InChI is InChI=1S/C29H43NO5/c1-19(2)16-21-10-12-22(13-11-21)20(3)18-33-35-29(32)27-25-15-14-24(30(25)4)17-26(27)34-28(31)23-8-6-5-7-9-23/h5-9,19-22,24-27H,10-18H2,1-4H3. The molecule has 1 aliphatic carbocycles. The van der Waals surface area contributed by atoms with Crippen molar-refractivity contribution in [1.29, 1.82) is 0 Å². The summed E-state index contributed by atoms with van der Waals surface area (Å²) in [6, 6.07) is 9.29. The van der Waals surface area contributed by atoms with E-state index in [1.54, 1.807) is 12.1 Å². The van der Waals surface area contributed by atoms with Crippen LogP contribution in [-0.2, 0) is 19.3 Å². The number of ether oxygens (including phenoxy) is 1. The second-order valence-corrected chi connectivity index (χ2v) is 11.6. The molecule has 0 spiro atoms. The molecule has 2 bridgehead atoms. The Morgan fingerprint density at radius 1 is 1.00 bits per heavy atom. The molecule has 1 aromatic rings. The first-order valence-corrected chi connectivity index (χ1v) is 13.6. The van der Waals surface area contributed by atoms with E-state index in [0.29, 0.717) is 36.5 Å². The summed E-state index contributed by atoms with van der Waals surface area (Å²) >= 11 is 0. The van der Waals surface area contributed by atoms with E-state index >= 15 is 0 Å². The number of rotatable bonds is 9. The van der Waals surface area contributed by atoms with Crippen LogP contribution < -0.4 is 0 Å². The van der Waals surface area contributed by atoms with Gasteiger partial charge in [-0.3, -0.25) is 9.79 Å². The van der Waals surface area contributed by atoms with Crippen LogP contribution in [0.15, 0.2) is 30.3 Å². The van der Waals surface area contributed by atoms with Gasteiger partial charge in [-0.05, 0) is 75.0 Å². The van der Waals surface area contributed by atoms with Crippen molar-refractivity contribution < 1.29 is 24.1 Å². The van der Waals surface area contributed by atoms with E-state index in [-0.39, 0.29) is 12.0 Å². The second kappa shape index (κ2) is 11.9. The lowest BCUT2D eigenvalue weighted by Gasteiger charge is -2.40. The van der Waals surface area contributed by atoms with Gasteiger partial charge in [0.15, 0.2) is 0 Å². The Morgan fingerprint density at radius 2 is 1.71 bits per heavy atom. The van der Waals surface area contributed by atoms with Crippen LogP contribution in [0.25, 0.3) is 0 Å². The molecule has 4 rings (SSSR count). The summed E-state index contributed by atoms with van der Waals surface area (Å²) in [6.07, 6.45) is 8.40. The smallest absolute Gasteiger partial charge is 0.350 e. The van der Waals surface area contributed by atoms with Crippen molar-refractivity contribution in [3.05, 3.63) is 35.9 Å². The van der Waals surface area contributed by atoms with Crippen LogP contribution >= 0.6 is 0 Å². The molecule has 0 N–H and O–H groups in total. The number of nitrogens with zero attached hydrogens (tertiary/aromatic N) is 1. The van der Waals surface area contributed by atoms with Gasteiger partial charge in [0.2, 0.25) is 0 Å². The molecule has 6 nitrogen and oxygen atoms in total.